The predicted molar refractivity (Wildman–Crippen MR) is 68.8 cm³/mol. The number of likely N-dealkylation sites (tertiary alicyclic amines) is 1. The molecule has 1 saturated heterocycles. The molecule has 0 radical (unpaired) electrons. The molecule has 2 nitrogen and oxygen atoms in total. The molecule has 1 N–H and O–H groups in total. The highest BCUT2D eigenvalue weighted by molar-refractivity contribution is 6.31. The monoisotopic (exact) mass is 256 g/mol. The summed E-state index contributed by atoms with van der Waals surface area (Å²) in [7, 11) is 1.98. The van der Waals surface area contributed by atoms with Gasteiger partial charge in [-0.05, 0) is 38.6 Å². The Labute approximate surface area is 107 Å². The van der Waals surface area contributed by atoms with Crippen LogP contribution in [0.1, 0.15) is 18.4 Å². The standard InChI is InChI=1S/C13H18ClFN2/c1-16-10-4-3-7-17(8-10)9-11-12(14)5-2-6-13(11)15/h2,5-6,10,16H,3-4,7-9H2,1H3/t10-/m0/s1. The minimum absolute atomic E-state index is 0.205. The predicted octanol–water partition coefficient (Wildman–Crippen LogP) is 2.66. The van der Waals surface area contributed by atoms with Crippen LogP contribution in [0.4, 0.5) is 4.39 Å². The van der Waals surface area contributed by atoms with Crippen molar-refractivity contribution in [1.29, 1.82) is 0 Å². The molecule has 0 aromatic heterocycles. The first-order valence-electron chi connectivity index (χ1n) is 6.03. The van der Waals surface area contributed by atoms with Crippen molar-refractivity contribution in [2.45, 2.75) is 25.4 Å². The molecule has 0 spiro atoms. The maximum Gasteiger partial charge on any atom is 0.129 e. The zero-order valence-electron chi connectivity index (χ0n) is 10.0. The van der Waals surface area contributed by atoms with E-state index in [1.165, 1.54) is 12.5 Å². The lowest BCUT2D eigenvalue weighted by Crippen LogP contribution is -2.44. The summed E-state index contributed by atoms with van der Waals surface area (Å²) in [6.45, 7) is 2.58. The van der Waals surface area contributed by atoms with Gasteiger partial charge >= 0.3 is 0 Å². The molecule has 2 rings (SSSR count). The third-order valence-electron chi connectivity index (χ3n) is 3.36. The van der Waals surface area contributed by atoms with Crippen LogP contribution in [0.25, 0.3) is 0 Å². The minimum atomic E-state index is -0.205. The normalized spacial score (nSPS) is 21.7. The Morgan fingerprint density at radius 3 is 3.06 bits per heavy atom. The van der Waals surface area contributed by atoms with Crippen molar-refractivity contribution in [3.63, 3.8) is 0 Å². The van der Waals surface area contributed by atoms with Gasteiger partial charge < -0.3 is 5.32 Å². The van der Waals surface area contributed by atoms with Crippen LogP contribution in [0.15, 0.2) is 18.2 Å². The van der Waals surface area contributed by atoms with Crippen molar-refractivity contribution in [2.75, 3.05) is 20.1 Å². The number of nitrogens with one attached hydrogen (secondary N) is 1. The van der Waals surface area contributed by atoms with Crippen molar-refractivity contribution in [3.05, 3.63) is 34.6 Å². The third kappa shape index (κ3) is 3.18. The second kappa shape index (κ2) is 5.80. The van der Waals surface area contributed by atoms with Crippen LogP contribution in [0, 0.1) is 5.82 Å². The van der Waals surface area contributed by atoms with E-state index in [2.05, 4.69) is 10.2 Å². The number of benzene rings is 1. The van der Waals surface area contributed by atoms with E-state index in [9.17, 15) is 4.39 Å². The van der Waals surface area contributed by atoms with Gasteiger partial charge in [-0.2, -0.15) is 0 Å². The topological polar surface area (TPSA) is 15.3 Å². The van der Waals surface area contributed by atoms with E-state index < -0.39 is 0 Å². The van der Waals surface area contributed by atoms with Gasteiger partial charge in [0.2, 0.25) is 0 Å². The quantitative estimate of drug-likeness (QED) is 0.895. The highest BCUT2D eigenvalue weighted by Gasteiger charge is 2.20. The average molecular weight is 257 g/mol. The average Bonchev–Trinajstić information content (AvgIpc) is 2.34. The molecular formula is C13H18ClFN2. The first-order chi connectivity index (χ1) is 8.20. The third-order valence-corrected chi connectivity index (χ3v) is 3.71. The fourth-order valence-corrected chi connectivity index (χ4v) is 2.56. The molecule has 17 heavy (non-hydrogen) atoms. The van der Waals surface area contributed by atoms with Crippen LogP contribution >= 0.6 is 11.6 Å². The van der Waals surface area contributed by atoms with Gasteiger partial charge in [-0.3, -0.25) is 4.90 Å². The van der Waals surface area contributed by atoms with E-state index in [0.717, 1.165) is 19.5 Å². The van der Waals surface area contributed by atoms with Gasteiger partial charge in [-0.1, -0.05) is 17.7 Å². The summed E-state index contributed by atoms with van der Waals surface area (Å²) in [5.41, 5.74) is 0.617. The molecule has 94 valence electrons. The molecule has 1 aliphatic rings. The molecule has 1 aromatic rings. The van der Waals surface area contributed by atoms with Gasteiger partial charge in [0.25, 0.3) is 0 Å². The lowest BCUT2D eigenvalue weighted by atomic mass is 10.0. The summed E-state index contributed by atoms with van der Waals surface area (Å²) in [5.74, 6) is -0.205. The van der Waals surface area contributed by atoms with Crippen LogP contribution in [-0.2, 0) is 6.54 Å². The van der Waals surface area contributed by atoms with Gasteiger partial charge in [0.05, 0.1) is 0 Å². The number of halogens is 2. The fraction of sp³-hybridized carbons (Fsp3) is 0.538. The van der Waals surface area contributed by atoms with E-state index in [0.29, 0.717) is 23.2 Å². The first-order valence-corrected chi connectivity index (χ1v) is 6.41. The Kier molecular flexibility index (Phi) is 4.37. The molecule has 1 aromatic carbocycles. The van der Waals surface area contributed by atoms with E-state index in [1.54, 1.807) is 12.1 Å². The van der Waals surface area contributed by atoms with Gasteiger partial charge in [0.15, 0.2) is 0 Å². The Balaban J connectivity index is 2.05. The highest BCUT2D eigenvalue weighted by atomic mass is 35.5. The fourth-order valence-electron chi connectivity index (χ4n) is 2.34. The number of piperidine rings is 1. The number of hydrogen-bond acceptors (Lipinski definition) is 2. The number of rotatable bonds is 3. The molecule has 0 saturated carbocycles. The largest absolute Gasteiger partial charge is 0.316 e. The highest BCUT2D eigenvalue weighted by Crippen LogP contribution is 2.22. The second-order valence-corrected chi connectivity index (χ2v) is 4.97. The van der Waals surface area contributed by atoms with Gasteiger partial charge in [-0.25, -0.2) is 4.39 Å². The van der Waals surface area contributed by atoms with Crippen molar-refractivity contribution in [2.24, 2.45) is 0 Å². The smallest absolute Gasteiger partial charge is 0.129 e. The van der Waals surface area contributed by atoms with Crippen molar-refractivity contribution in [1.82, 2.24) is 10.2 Å². The van der Waals surface area contributed by atoms with E-state index in [-0.39, 0.29) is 5.82 Å². The Hall–Kier alpha value is -0.640. The molecule has 1 fully saturated rings. The van der Waals surface area contributed by atoms with E-state index in [1.807, 2.05) is 7.05 Å². The van der Waals surface area contributed by atoms with Gasteiger partial charge in [0.1, 0.15) is 5.82 Å². The van der Waals surface area contributed by atoms with Crippen LogP contribution in [0.2, 0.25) is 5.02 Å². The van der Waals surface area contributed by atoms with Crippen LogP contribution < -0.4 is 5.32 Å². The Morgan fingerprint density at radius 2 is 2.35 bits per heavy atom. The number of likely N-dealkylation sites (N-methyl/N-ethyl adjacent to an activating group) is 1. The first kappa shape index (κ1) is 12.8. The SMILES string of the molecule is CN[C@H]1CCCN(Cc2c(F)cccc2Cl)C1. The van der Waals surface area contributed by atoms with Crippen molar-refractivity contribution in [3.8, 4) is 0 Å². The number of nitrogens with zero attached hydrogens (tertiary/aromatic N) is 1. The molecule has 0 aliphatic carbocycles. The summed E-state index contributed by atoms with van der Waals surface area (Å²) < 4.78 is 13.7. The van der Waals surface area contributed by atoms with Crippen LogP contribution in [0.5, 0.6) is 0 Å². The van der Waals surface area contributed by atoms with Crippen molar-refractivity contribution < 1.29 is 4.39 Å². The minimum Gasteiger partial charge on any atom is -0.316 e. The molecule has 4 heteroatoms. The molecule has 0 amide bonds. The summed E-state index contributed by atoms with van der Waals surface area (Å²) in [5, 5.41) is 3.81. The zero-order valence-corrected chi connectivity index (χ0v) is 10.8. The maximum absolute atomic E-state index is 13.7. The number of hydrogen-bond donors (Lipinski definition) is 1. The summed E-state index contributed by atoms with van der Waals surface area (Å²) in [4.78, 5) is 2.26. The van der Waals surface area contributed by atoms with Crippen LogP contribution in [-0.4, -0.2) is 31.1 Å². The Bertz CT molecular complexity index is 363. The second-order valence-electron chi connectivity index (χ2n) is 4.56. The summed E-state index contributed by atoms with van der Waals surface area (Å²) in [6, 6.07) is 5.38. The molecular weight excluding hydrogens is 239 g/mol. The van der Waals surface area contributed by atoms with Gasteiger partial charge in [0, 0.05) is 29.7 Å². The molecule has 0 bridgehead atoms. The van der Waals surface area contributed by atoms with E-state index in [4.69, 9.17) is 11.6 Å². The summed E-state index contributed by atoms with van der Waals surface area (Å²) in [6.07, 6.45) is 2.34. The molecule has 0 unspecified atom stereocenters. The van der Waals surface area contributed by atoms with Crippen LogP contribution in [0.3, 0.4) is 0 Å². The maximum atomic E-state index is 13.7. The lowest BCUT2D eigenvalue weighted by molar-refractivity contribution is 0.186. The summed E-state index contributed by atoms with van der Waals surface area (Å²) >= 11 is 6.04. The molecule has 1 heterocycles. The van der Waals surface area contributed by atoms with Crippen molar-refractivity contribution >= 4 is 11.6 Å². The lowest BCUT2D eigenvalue weighted by Gasteiger charge is -2.32. The Morgan fingerprint density at radius 1 is 1.53 bits per heavy atom. The zero-order chi connectivity index (χ0) is 12.3. The van der Waals surface area contributed by atoms with E-state index >= 15 is 0 Å². The molecule has 1 atom stereocenters. The van der Waals surface area contributed by atoms with Gasteiger partial charge in [-0.15, -0.1) is 0 Å². The molecule has 1 aliphatic heterocycles.